The summed E-state index contributed by atoms with van der Waals surface area (Å²) >= 11 is 5.29. The Morgan fingerprint density at radius 1 is 1.44 bits per heavy atom. The molecule has 0 aliphatic heterocycles. The Bertz CT molecular complexity index is 639. The quantitative estimate of drug-likeness (QED) is 0.829. The standard InChI is InChI=1S/C13H15N3OS/c17-12(9-5-6-9)14-7-8-16-11-4-2-1-3-10(11)15-13(16)18/h1-4,9H,5-8H2,(H,14,17)(H,15,18). The van der Waals surface area contributed by atoms with E-state index in [4.69, 9.17) is 12.2 Å². The summed E-state index contributed by atoms with van der Waals surface area (Å²) in [6.45, 7) is 1.34. The van der Waals surface area contributed by atoms with Crippen LogP contribution in [-0.2, 0) is 11.3 Å². The van der Waals surface area contributed by atoms with Gasteiger partial charge in [0.2, 0.25) is 5.91 Å². The molecule has 1 heterocycles. The highest BCUT2D eigenvalue weighted by atomic mass is 32.1. The molecular weight excluding hydrogens is 246 g/mol. The lowest BCUT2D eigenvalue weighted by Crippen LogP contribution is -2.28. The van der Waals surface area contributed by atoms with Crippen molar-refractivity contribution in [3.8, 4) is 0 Å². The van der Waals surface area contributed by atoms with E-state index in [1.807, 2.05) is 28.8 Å². The number of rotatable bonds is 4. The molecule has 3 rings (SSSR count). The number of carbonyl (C=O) groups excluding carboxylic acids is 1. The van der Waals surface area contributed by atoms with Crippen molar-refractivity contribution in [1.29, 1.82) is 0 Å². The third-order valence-corrected chi connectivity index (χ3v) is 3.59. The molecular formula is C13H15N3OS. The Labute approximate surface area is 110 Å². The number of hydrogen-bond donors (Lipinski definition) is 2. The normalized spacial score (nSPS) is 14.9. The Morgan fingerprint density at radius 3 is 3.00 bits per heavy atom. The zero-order valence-corrected chi connectivity index (χ0v) is 10.8. The van der Waals surface area contributed by atoms with Gasteiger partial charge in [0.25, 0.3) is 0 Å². The number of nitrogens with zero attached hydrogens (tertiary/aromatic N) is 1. The van der Waals surface area contributed by atoms with Crippen molar-refractivity contribution in [2.75, 3.05) is 6.54 Å². The smallest absolute Gasteiger partial charge is 0.223 e. The Kier molecular flexibility index (Phi) is 2.91. The molecule has 2 aromatic rings. The lowest BCUT2D eigenvalue weighted by Gasteiger charge is -2.06. The van der Waals surface area contributed by atoms with Gasteiger partial charge in [-0.25, -0.2) is 0 Å². The van der Waals surface area contributed by atoms with Crippen molar-refractivity contribution in [3.63, 3.8) is 0 Å². The molecule has 18 heavy (non-hydrogen) atoms. The van der Waals surface area contributed by atoms with Gasteiger partial charge in [0.15, 0.2) is 4.77 Å². The number of aromatic nitrogens is 2. The van der Waals surface area contributed by atoms with Crippen LogP contribution < -0.4 is 5.32 Å². The summed E-state index contributed by atoms with van der Waals surface area (Å²) < 4.78 is 2.73. The van der Waals surface area contributed by atoms with Crippen LogP contribution in [0, 0.1) is 10.7 Å². The van der Waals surface area contributed by atoms with Gasteiger partial charge in [-0.15, -0.1) is 0 Å². The van der Waals surface area contributed by atoms with Crippen molar-refractivity contribution < 1.29 is 4.79 Å². The van der Waals surface area contributed by atoms with Gasteiger partial charge in [-0.2, -0.15) is 0 Å². The summed E-state index contributed by atoms with van der Waals surface area (Å²) in [4.78, 5) is 14.7. The maximum atomic E-state index is 11.5. The van der Waals surface area contributed by atoms with Crippen molar-refractivity contribution >= 4 is 29.2 Å². The molecule has 0 saturated heterocycles. The molecule has 0 atom stereocenters. The zero-order chi connectivity index (χ0) is 12.5. The number of carbonyl (C=O) groups is 1. The number of benzene rings is 1. The molecule has 1 aromatic heterocycles. The van der Waals surface area contributed by atoms with Gasteiger partial charge in [-0.05, 0) is 37.2 Å². The highest BCUT2D eigenvalue weighted by Gasteiger charge is 2.29. The largest absolute Gasteiger partial charge is 0.354 e. The first-order valence-corrected chi connectivity index (χ1v) is 6.62. The maximum Gasteiger partial charge on any atom is 0.223 e. The lowest BCUT2D eigenvalue weighted by atomic mass is 10.3. The van der Waals surface area contributed by atoms with E-state index in [0.717, 1.165) is 23.9 Å². The molecule has 0 radical (unpaired) electrons. The van der Waals surface area contributed by atoms with Crippen LogP contribution in [0.1, 0.15) is 12.8 Å². The van der Waals surface area contributed by atoms with Crippen LogP contribution in [0.15, 0.2) is 24.3 Å². The fraction of sp³-hybridized carbons (Fsp3) is 0.385. The van der Waals surface area contributed by atoms with Gasteiger partial charge >= 0.3 is 0 Å². The molecule has 0 unspecified atom stereocenters. The van der Waals surface area contributed by atoms with E-state index in [-0.39, 0.29) is 11.8 Å². The van der Waals surface area contributed by atoms with E-state index in [9.17, 15) is 4.79 Å². The maximum absolute atomic E-state index is 11.5. The number of H-pyrrole nitrogens is 1. The van der Waals surface area contributed by atoms with Crippen molar-refractivity contribution in [2.24, 2.45) is 5.92 Å². The summed E-state index contributed by atoms with van der Waals surface area (Å²) in [7, 11) is 0. The fourth-order valence-electron chi connectivity index (χ4n) is 2.11. The average molecular weight is 261 g/mol. The third-order valence-electron chi connectivity index (χ3n) is 3.26. The zero-order valence-electron chi connectivity index (χ0n) is 9.98. The predicted molar refractivity (Wildman–Crippen MR) is 72.9 cm³/mol. The van der Waals surface area contributed by atoms with Crippen LogP contribution >= 0.6 is 12.2 Å². The molecule has 4 nitrogen and oxygen atoms in total. The number of nitrogens with one attached hydrogen (secondary N) is 2. The Hall–Kier alpha value is -1.62. The third kappa shape index (κ3) is 2.18. The van der Waals surface area contributed by atoms with Crippen LogP contribution in [-0.4, -0.2) is 22.0 Å². The van der Waals surface area contributed by atoms with Gasteiger partial charge in [0, 0.05) is 19.0 Å². The monoisotopic (exact) mass is 261 g/mol. The highest BCUT2D eigenvalue weighted by molar-refractivity contribution is 7.71. The van der Waals surface area contributed by atoms with Gasteiger partial charge in [0.1, 0.15) is 0 Å². The Balaban J connectivity index is 1.72. The summed E-state index contributed by atoms with van der Waals surface area (Å²) in [5.41, 5.74) is 2.12. The minimum atomic E-state index is 0.182. The highest BCUT2D eigenvalue weighted by Crippen LogP contribution is 2.28. The minimum absolute atomic E-state index is 0.182. The molecule has 1 aromatic carbocycles. The van der Waals surface area contributed by atoms with Crippen molar-refractivity contribution in [1.82, 2.24) is 14.9 Å². The van der Waals surface area contributed by atoms with Gasteiger partial charge in [0.05, 0.1) is 11.0 Å². The van der Waals surface area contributed by atoms with Crippen molar-refractivity contribution in [3.05, 3.63) is 29.0 Å². The number of hydrogen-bond acceptors (Lipinski definition) is 2. The first kappa shape index (κ1) is 11.5. The molecule has 5 heteroatoms. The second-order valence-corrected chi connectivity index (χ2v) is 5.05. The topological polar surface area (TPSA) is 49.8 Å². The molecule has 1 aliphatic rings. The second kappa shape index (κ2) is 4.57. The summed E-state index contributed by atoms with van der Waals surface area (Å²) in [5, 5.41) is 2.95. The van der Waals surface area contributed by atoms with E-state index in [2.05, 4.69) is 10.3 Å². The number of amides is 1. The molecule has 2 N–H and O–H groups in total. The van der Waals surface area contributed by atoms with E-state index in [1.165, 1.54) is 0 Å². The van der Waals surface area contributed by atoms with E-state index in [0.29, 0.717) is 17.9 Å². The summed E-state index contributed by atoms with van der Waals surface area (Å²) in [6, 6.07) is 8.01. The molecule has 0 spiro atoms. The van der Waals surface area contributed by atoms with Crippen LogP contribution in [0.2, 0.25) is 0 Å². The van der Waals surface area contributed by atoms with Crippen molar-refractivity contribution in [2.45, 2.75) is 19.4 Å². The molecule has 1 aliphatic carbocycles. The Morgan fingerprint density at radius 2 is 2.22 bits per heavy atom. The van der Waals surface area contributed by atoms with Crippen LogP contribution in [0.25, 0.3) is 11.0 Å². The fourth-order valence-corrected chi connectivity index (χ4v) is 2.41. The summed E-state index contributed by atoms with van der Waals surface area (Å²) in [5.74, 6) is 0.447. The minimum Gasteiger partial charge on any atom is -0.354 e. The molecule has 0 bridgehead atoms. The number of fused-ring (bicyclic) bond motifs is 1. The second-order valence-electron chi connectivity index (χ2n) is 4.66. The lowest BCUT2D eigenvalue weighted by molar-refractivity contribution is -0.122. The van der Waals surface area contributed by atoms with Crippen LogP contribution in [0.3, 0.4) is 0 Å². The first-order chi connectivity index (χ1) is 8.75. The predicted octanol–water partition coefficient (Wildman–Crippen LogP) is 2.23. The first-order valence-electron chi connectivity index (χ1n) is 6.21. The molecule has 94 valence electrons. The van der Waals surface area contributed by atoms with Gasteiger partial charge in [-0.3, -0.25) is 4.79 Å². The molecule has 1 fully saturated rings. The summed E-state index contributed by atoms with van der Waals surface area (Å²) in [6.07, 6.45) is 2.08. The van der Waals surface area contributed by atoms with E-state index >= 15 is 0 Å². The average Bonchev–Trinajstić information content (AvgIpc) is 3.15. The van der Waals surface area contributed by atoms with E-state index in [1.54, 1.807) is 0 Å². The number of aromatic amines is 1. The number of para-hydroxylation sites is 2. The SMILES string of the molecule is O=C(NCCn1c(=S)[nH]c2ccccc21)C1CC1. The molecule has 1 saturated carbocycles. The van der Waals surface area contributed by atoms with E-state index < -0.39 is 0 Å². The van der Waals surface area contributed by atoms with Crippen LogP contribution in [0.5, 0.6) is 0 Å². The number of imidazole rings is 1. The molecule has 1 amide bonds. The van der Waals surface area contributed by atoms with Crippen LogP contribution in [0.4, 0.5) is 0 Å². The van der Waals surface area contributed by atoms with Gasteiger partial charge < -0.3 is 14.9 Å². The van der Waals surface area contributed by atoms with Gasteiger partial charge in [-0.1, -0.05) is 12.1 Å².